The van der Waals surface area contributed by atoms with E-state index in [0.29, 0.717) is 27.7 Å². The molecule has 0 aliphatic heterocycles. The first kappa shape index (κ1) is 14.7. The Morgan fingerprint density at radius 3 is 2.67 bits per heavy atom. The third-order valence-electron chi connectivity index (χ3n) is 3.71. The maximum absolute atomic E-state index is 6.37. The van der Waals surface area contributed by atoms with Gasteiger partial charge in [0.05, 0.1) is 5.02 Å². The van der Waals surface area contributed by atoms with Crippen LogP contribution in [0.2, 0.25) is 10.0 Å². The molecule has 21 heavy (non-hydrogen) atoms. The van der Waals surface area contributed by atoms with Crippen LogP contribution in [0.3, 0.4) is 0 Å². The highest BCUT2D eigenvalue weighted by Crippen LogP contribution is 2.43. The minimum absolute atomic E-state index is 0.515. The van der Waals surface area contributed by atoms with Crippen LogP contribution in [-0.4, -0.2) is 9.55 Å². The van der Waals surface area contributed by atoms with E-state index in [0.717, 1.165) is 23.6 Å². The predicted molar refractivity (Wildman–Crippen MR) is 88.9 cm³/mol. The quantitative estimate of drug-likeness (QED) is 0.862. The van der Waals surface area contributed by atoms with Crippen LogP contribution < -0.4 is 5.73 Å². The molecular weight excluding hydrogens is 305 g/mol. The lowest BCUT2D eigenvalue weighted by molar-refractivity contribution is 0.512. The van der Waals surface area contributed by atoms with Gasteiger partial charge in [-0.2, -0.15) is 0 Å². The van der Waals surface area contributed by atoms with Crippen molar-refractivity contribution in [1.29, 1.82) is 0 Å². The van der Waals surface area contributed by atoms with Gasteiger partial charge in [0.15, 0.2) is 0 Å². The van der Waals surface area contributed by atoms with Crippen LogP contribution in [0.25, 0.3) is 11.3 Å². The van der Waals surface area contributed by atoms with Gasteiger partial charge in [0.2, 0.25) is 0 Å². The summed E-state index contributed by atoms with van der Waals surface area (Å²) in [5.41, 5.74) is 7.93. The SMILES string of the molecule is CC(C)Cn1c(C2CC2)nc(-c2cc(Cl)ccc2Cl)c1N. The maximum Gasteiger partial charge on any atom is 0.131 e. The van der Waals surface area contributed by atoms with Crippen molar-refractivity contribution in [2.45, 2.75) is 39.2 Å². The number of benzene rings is 1. The van der Waals surface area contributed by atoms with Gasteiger partial charge in [0.1, 0.15) is 17.3 Å². The van der Waals surface area contributed by atoms with E-state index in [-0.39, 0.29) is 0 Å². The van der Waals surface area contributed by atoms with Crippen LogP contribution in [0.5, 0.6) is 0 Å². The van der Waals surface area contributed by atoms with Gasteiger partial charge in [-0.25, -0.2) is 4.98 Å². The Morgan fingerprint density at radius 2 is 2.05 bits per heavy atom. The van der Waals surface area contributed by atoms with Crippen LogP contribution in [0.15, 0.2) is 18.2 Å². The van der Waals surface area contributed by atoms with Gasteiger partial charge in [0, 0.05) is 23.0 Å². The molecule has 1 aromatic carbocycles. The molecule has 0 saturated heterocycles. The number of imidazole rings is 1. The largest absolute Gasteiger partial charge is 0.383 e. The number of halogens is 2. The summed E-state index contributed by atoms with van der Waals surface area (Å²) in [6.07, 6.45) is 2.38. The monoisotopic (exact) mass is 323 g/mol. The van der Waals surface area contributed by atoms with Gasteiger partial charge < -0.3 is 10.3 Å². The van der Waals surface area contributed by atoms with Gasteiger partial charge in [-0.1, -0.05) is 37.0 Å². The van der Waals surface area contributed by atoms with Crippen molar-refractivity contribution in [3.63, 3.8) is 0 Å². The van der Waals surface area contributed by atoms with E-state index < -0.39 is 0 Å². The van der Waals surface area contributed by atoms with E-state index in [2.05, 4.69) is 18.4 Å². The first-order valence-corrected chi connectivity index (χ1v) is 8.04. The first-order valence-electron chi connectivity index (χ1n) is 7.28. The normalized spacial score (nSPS) is 14.9. The fourth-order valence-electron chi connectivity index (χ4n) is 2.57. The Morgan fingerprint density at radius 1 is 1.33 bits per heavy atom. The molecular formula is C16H19Cl2N3. The zero-order valence-electron chi connectivity index (χ0n) is 12.2. The molecule has 5 heteroatoms. The number of nitrogen functional groups attached to an aromatic ring is 1. The molecule has 1 aromatic heterocycles. The fourth-order valence-corrected chi connectivity index (χ4v) is 2.95. The van der Waals surface area contributed by atoms with Crippen LogP contribution in [-0.2, 0) is 6.54 Å². The highest BCUT2D eigenvalue weighted by molar-refractivity contribution is 6.35. The summed E-state index contributed by atoms with van der Waals surface area (Å²) < 4.78 is 2.15. The van der Waals surface area contributed by atoms with Gasteiger partial charge in [0.25, 0.3) is 0 Å². The van der Waals surface area contributed by atoms with Crippen LogP contribution in [0, 0.1) is 5.92 Å². The van der Waals surface area contributed by atoms with Crippen molar-refractivity contribution in [1.82, 2.24) is 9.55 Å². The van der Waals surface area contributed by atoms with Crippen molar-refractivity contribution in [2.24, 2.45) is 5.92 Å². The molecule has 3 nitrogen and oxygen atoms in total. The number of rotatable bonds is 4. The molecule has 0 amide bonds. The third-order valence-corrected chi connectivity index (χ3v) is 4.27. The van der Waals surface area contributed by atoms with Crippen molar-refractivity contribution in [3.05, 3.63) is 34.1 Å². The zero-order chi connectivity index (χ0) is 15.1. The molecule has 0 spiro atoms. The lowest BCUT2D eigenvalue weighted by Crippen LogP contribution is -2.10. The van der Waals surface area contributed by atoms with E-state index >= 15 is 0 Å². The lowest BCUT2D eigenvalue weighted by Gasteiger charge is -2.12. The molecule has 0 unspecified atom stereocenters. The maximum atomic E-state index is 6.37. The van der Waals surface area contributed by atoms with Crippen molar-refractivity contribution in [3.8, 4) is 11.3 Å². The molecule has 1 saturated carbocycles. The standard InChI is InChI=1S/C16H19Cl2N3/c1-9(2)8-21-15(19)14(20-16(21)10-3-4-10)12-7-11(17)5-6-13(12)18/h5-7,9-10H,3-4,8,19H2,1-2H3. The predicted octanol–water partition coefficient (Wildman–Crippen LogP) is 4.97. The number of hydrogen-bond acceptors (Lipinski definition) is 2. The summed E-state index contributed by atoms with van der Waals surface area (Å²) in [7, 11) is 0. The van der Waals surface area contributed by atoms with Crippen molar-refractivity contribution >= 4 is 29.0 Å². The van der Waals surface area contributed by atoms with Gasteiger partial charge in [-0.3, -0.25) is 0 Å². The molecule has 3 rings (SSSR count). The molecule has 0 atom stereocenters. The first-order chi connectivity index (χ1) is 9.97. The second-order valence-corrected chi connectivity index (χ2v) is 6.95. The second kappa shape index (κ2) is 5.54. The van der Waals surface area contributed by atoms with E-state index in [9.17, 15) is 0 Å². The summed E-state index contributed by atoms with van der Waals surface area (Å²) in [6.45, 7) is 5.24. The Balaban J connectivity index is 2.12. The van der Waals surface area contributed by atoms with Crippen LogP contribution >= 0.6 is 23.2 Å². The molecule has 0 bridgehead atoms. The summed E-state index contributed by atoms with van der Waals surface area (Å²) in [6, 6.07) is 5.40. The molecule has 2 aromatic rings. The fraction of sp³-hybridized carbons (Fsp3) is 0.438. The highest BCUT2D eigenvalue weighted by Gasteiger charge is 2.31. The highest BCUT2D eigenvalue weighted by atomic mass is 35.5. The Hall–Kier alpha value is -1.19. The Bertz CT molecular complexity index is 672. The molecule has 1 aliphatic rings. The average Bonchev–Trinajstić information content (AvgIpc) is 3.21. The minimum atomic E-state index is 0.515. The summed E-state index contributed by atoms with van der Waals surface area (Å²) in [4.78, 5) is 4.79. The molecule has 1 fully saturated rings. The smallest absolute Gasteiger partial charge is 0.131 e. The molecule has 0 radical (unpaired) electrons. The minimum Gasteiger partial charge on any atom is -0.383 e. The molecule has 1 aliphatic carbocycles. The van der Waals surface area contributed by atoms with Crippen LogP contribution in [0.1, 0.15) is 38.4 Å². The Kier molecular flexibility index (Phi) is 3.89. The molecule has 112 valence electrons. The third kappa shape index (κ3) is 2.90. The molecule has 2 N–H and O–H groups in total. The number of nitrogens with two attached hydrogens (primary N) is 1. The van der Waals surface area contributed by atoms with E-state index in [1.165, 1.54) is 12.8 Å². The lowest BCUT2D eigenvalue weighted by atomic mass is 10.1. The van der Waals surface area contributed by atoms with Crippen molar-refractivity contribution in [2.75, 3.05) is 5.73 Å². The second-order valence-electron chi connectivity index (χ2n) is 6.11. The number of hydrogen-bond donors (Lipinski definition) is 1. The van der Waals surface area contributed by atoms with Crippen LogP contribution in [0.4, 0.5) is 5.82 Å². The van der Waals surface area contributed by atoms with E-state index in [4.69, 9.17) is 33.9 Å². The molecule has 1 heterocycles. The van der Waals surface area contributed by atoms with Crippen molar-refractivity contribution < 1.29 is 0 Å². The van der Waals surface area contributed by atoms with Gasteiger partial charge in [-0.05, 0) is 37.0 Å². The number of aromatic nitrogens is 2. The average molecular weight is 324 g/mol. The summed E-state index contributed by atoms with van der Waals surface area (Å²) in [5, 5.41) is 1.27. The van der Waals surface area contributed by atoms with E-state index in [1.54, 1.807) is 12.1 Å². The van der Waals surface area contributed by atoms with E-state index in [1.807, 2.05) is 6.07 Å². The summed E-state index contributed by atoms with van der Waals surface area (Å²) in [5.74, 6) is 2.83. The number of nitrogens with zero attached hydrogens (tertiary/aromatic N) is 2. The summed E-state index contributed by atoms with van der Waals surface area (Å²) >= 11 is 12.4. The Labute approximate surface area is 135 Å². The van der Waals surface area contributed by atoms with Gasteiger partial charge in [-0.15, -0.1) is 0 Å². The topological polar surface area (TPSA) is 43.8 Å². The van der Waals surface area contributed by atoms with Gasteiger partial charge >= 0.3 is 0 Å². The number of anilines is 1. The zero-order valence-corrected chi connectivity index (χ0v) is 13.7.